The fourth-order valence-corrected chi connectivity index (χ4v) is 1.01. The van der Waals surface area contributed by atoms with Crippen LogP contribution in [-0.4, -0.2) is 9.97 Å². The maximum atomic E-state index is 5.79. The van der Waals surface area contributed by atoms with Gasteiger partial charge in [0.1, 0.15) is 16.8 Å². The van der Waals surface area contributed by atoms with Crippen molar-refractivity contribution in [2.75, 3.05) is 5.43 Å². The predicted molar refractivity (Wildman–Crippen MR) is 53.6 cm³/mol. The first-order valence-corrected chi connectivity index (χ1v) is 4.33. The quantitative estimate of drug-likeness (QED) is 0.412. The summed E-state index contributed by atoms with van der Waals surface area (Å²) in [6, 6.07) is 1.58. The minimum atomic E-state index is -0.128. The Morgan fingerprint density at radius 2 is 2.00 bits per heavy atom. The van der Waals surface area contributed by atoms with E-state index in [1.807, 2.05) is 20.8 Å². The molecule has 1 heterocycles. The number of aromatic nitrogens is 2. The molecule has 0 spiro atoms. The predicted octanol–water partition coefficient (Wildman–Crippen LogP) is 1.71. The molecule has 1 aromatic heterocycles. The van der Waals surface area contributed by atoms with Crippen LogP contribution < -0.4 is 11.3 Å². The molecule has 0 amide bonds. The Morgan fingerprint density at radius 1 is 1.38 bits per heavy atom. The van der Waals surface area contributed by atoms with E-state index in [2.05, 4.69) is 15.4 Å². The molecule has 0 aliphatic rings. The van der Waals surface area contributed by atoms with Crippen molar-refractivity contribution in [1.82, 2.24) is 9.97 Å². The lowest BCUT2D eigenvalue weighted by molar-refractivity contribution is 0.546. The van der Waals surface area contributed by atoms with E-state index in [0.717, 1.165) is 0 Å². The number of anilines is 1. The van der Waals surface area contributed by atoms with Crippen LogP contribution in [0, 0.1) is 0 Å². The van der Waals surface area contributed by atoms with Crippen molar-refractivity contribution in [2.45, 2.75) is 26.2 Å². The molecule has 0 aromatic carbocycles. The molecule has 1 aromatic rings. The Balaban J connectivity index is 3.16. The van der Waals surface area contributed by atoms with Crippen molar-refractivity contribution in [3.8, 4) is 0 Å². The van der Waals surface area contributed by atoms with Gasteiger partial charge in [-0.3, -0.25) is 0 Å². The Morgan fingerprint density at radius 3 is 2.46 bits per heavy atom. The first kappa shape index (κ1) is 10.2. The normalized spacial score (nSPS) is 11.5. The zero-order chi connectivity index (χ0) is 10.1. The van der Waals surface area contributed by atoms with Crippen LogP contribution in [0.15, 0.2) is 6.07 Å². The highest BCUT2D eigenvalue weighted by Gasteiger charge is 2.18. The van der Waals surface area contributed by atoms with Crippen molar-refractivity contribution >= 4 is 17.4 Å². The Bertz CT molecular complexity index is 306. The van der Waals surface area contributed by atoms with Crippen LogP contribution in [0.2, 0.25) is 5.15 Å². The van der Waals surface area contributed by atoms with Gasteiger partial charge in [-0.1, -0.05) is 32.4 Å². The summed E-state index contributed by atoms with van der Waals surface area (Å²) < 4.78 is 0. The third-order valence-corrected chi connectivity index (χ3v) is 1.71. The summed E-state index contributed by atoms with van der Waals surface area (Å²) in [4.78, 5) is 8.30. The maximum absolute atomic E-state index is 5.79. The van der Waals surface area contributed by atoms with E-state index in [1.54, 1.807) is 6.07 Å². The van der Waals surface area contributed by atoms with Crippen molar-refractivity contribution in [2.24, 2.45) is 5.84 Å². The zero-order valence-corrected chi connectivity index (χ0v) is 8.68. The summed E-state index contributed by atoms with van der Waals surface area (Å²) in [7, 11) is 0. The number of hydrogen-bond acceptors (Lipinski definition) is 4. The minimum absolute atomic E-state index is 0.128. The Labute approximate surface area is 82.5 Å². The zero-order valence-electron chi connectivity index (χ0n) is 7.93. The molecule has 0 saturated heterocycles. The van der Waals surface area contributed by atoms with Gasteiger partial charge in [0.05, 0.1) is 0 Å². The maximum Gasteiger partial charge on any atom is 0.145 e. The van der Waals surface area contributed by atoms with Gasteiger partial charge in [0.15, 0.2) is 0 Å². The molecule has 72 valence electrons. The molecule has 1 rings (SSSR count). The number of nitrogens with one attached hydrogen (secondary N) is 1. The summed E-state index contributed by atoms with van der Waals surface area (Å²) in [5, 5.41) is 0.396. The molecule has 0 saturated carbocycles. The van der Waals surface area contributed by atoms with Gasteiger partial charge < -0.3 is 5.43 Å². The first-order chi connectivity index (χ1) is 5.93. The highest BCUT2D eigenvalue weighted by Crippen LogP contribution is 2.21. The number of halogens is 1. The molecule has 4 nitrogen and oxygen atoms in total. The van der Waals surface area contributed by atoms with Crippen LogP contribution in [0.4, 0.5) is 5.82 Å². The van der Waals surface area contributed by atoms with Crippen LogP contribution in [0.3, 0.4) is 0 Å². The van der Waals surface area contributed by atoms with E-state index in [0.29, 0.717) is 16.8 Å². The summed E-state index contributed by atoms with van der Waals surface area (Å²) in [6.45, 7) is 6.04. The van der Waals surface area contributed by atoms with Crippen LogP contribution >= 0.6 is 11.6 Å². The molecule has 0 radical (unpaired) electrons. The van der Waals surface area contributed by atoms with E-state index >= 15 is 0 Å². The van der Waals surface area contributed by atoms with Crippen LogP contribution in [0.1, 0.15) is 26.6 Å². The molecular weight excluding hydrogens is 188 g/mol. The fraction of sp³-hybridized carbons (Fsp3) is 0.500. The largest absolute Gasteiger partial charge is 0.308 e. The summed E-state index contributed by atoms with van der Waals surface area (Å²) in [6.07, 6.45) is 0. The molecule has 0 atom stereocenters. The minimum Gasteiger partial charge on any atom is -0.308 e. The Hall–Kier alpha value is -0.870. The van der Waals surface area contributed by atoms with Crippen molar-refractivity contribution in [1.29, 1.82) is 0 Å². The van der Waals surface area contributed by atoms with E-state index in [-0.39, 0.29) is 5.41 Å². The van der Waals surface area contributed by atoms with E-state index in [9.17, 15) is 0 Å². The first-order valence-electron chi connectivity index (χ1n) is 3.95. The number of hydrogen-bond donors (Lipinski definition) is 2. The van der Waals surface area contributed by atoms with Gasteiger partial charge in [-0.15, -0.1) is 0 Å². The lowest BCUT2D eigenvalue weighted by Gasteiger charge is -2.17. The van der Waals surface area contributed by atoms with Gasteiger partial charge in [-0.25, -0.2) is 15.8 Å². The molecule has 0 aliphatic carbocycles. The van der Waals surface area contributed by atoms with E-state index in [1.165, 1.54) is 0 Å². The second-order valence-electron chi connectivity index (χ2n) is 3.79. The highest BCUT2D eigenvalue weighted by molar-refractivity contribution is 6.29. The molecule has 0 aliphatic heterocycles. The summed E-state index contributed by atoms with van der Waals surface area (Å²) >= 11 is 5.79. The summed E-state index contributed by atoms with van der Waals surface area (Å²) in [5.41, 5.74) is 2.32. The molecule has 3 N–H and O–H groups in total. The average molecular weight is 201 g/mol. The van der Waals surface area contributed by atoms with Crippen molar-refractivity contribution in [3.63, 3.8) is 0 Å². The molecular formula is C8H13ClN4. The molecule has 0 fully saturated rings. The SMILES string of the molecule is CC(C)(C)c1nc(Cl)cc(NN)n1. The molecule has 5 heteroatoms. The number of nitrogen functional groups attached to an aromatic ring is 1. The topological polar surface area (TPSA) is 63.8 Å². The second kappa shape index (κ2) is 3.47. The third kappa shape index (κ3) is 2.54. The smallest absolute Gasteiger partial charge is 0.145 e. The van der Waals surface area contributed by atoms with Gasteiger partial charge in [-0.2, -0.15) is 0 Å². The second-order valence-corrected chi connectivity index (χ2v) is 4.18. The number of nitrogens with zero attached hydrogens (tertiary/aromatic N) is 2. The molecule has 13 heavy (non-hydrogen) atoms. The molecule has 0 unspecified atom stereocenters. The van der Waals surface area contributed by atoms with Crippen LogP contribution in [0.25, 0.3) is 0 Å². The van der Waals surface area contributed by atoms with E-state index < -0.39 is 0 Å². The van der Waals surface area contributed by atoms with Gasteiger partial charge in [-0.05, 0) is 0 Å². The van der Waals surface area contributed by atoms with E-state index in [4.69, 9.17) is 17.4 Å². The van der Waals surface area contributed by atoms with Gasteiger partial charge >= 0.3 is 0 Å². The van der Waals surface area contributed by atoms with Crippen LogP contribution in [-0.2, 0) is 5.41 Å². The standard InChI is InChI=1S/C8H13ClN4/c1-8(2,3)7-11-5(9)4-6(12-7)13-10/h4H,10H2,1-3H3,(H,11,12,13). The van der Waals surface area contributed by atoms with Crippen LogP contribution in [0.5, 0.6) is 0 Å². The average Bonchev–Trinajstić information content (AvgIpc) is 2.01. The lowest BCUT2D eigenvalue weighted by atomic mass is 9.96. The fourth-order valence-electron chi connectivity index (χ4n) is 0.827. The van der Waals surface area contributed by atoms with Gasteiger partial charge in [0, 0.05) is 11.5 Å². The van der Waals surface area contributed by atoms with Crippen molar-refractivity contribution < 1.29 is 0 Å². The monoisotopic (exact) mass is 200 g/mol. The third-order valence-electron chi connectivity index (χ3n) is 1.51. The number of rotatable bonds is 1. The summed E-state index contributed by atoms with van der Waals surface area (Å²) in [5.74, 6) is 6.44. The van der Waals surface area contributed by atoms with Gasteiger partial charge in [0.2, 0.25) is 0 Å². The van der Waals surface area contributed by atoms with Crippen molar-refractivity contribution in [3.05, 3.63) is 17.0 Å². The van der Waals surface area contributed by atoms with Gasteiger partial charge in [0.25, 0.3) is 0 Å². The lowest BCUT2D eigenvalue weighted by Crippen LogP contribution is -2.18. The Kier molecular flexibility index (Phi) is 2.73. The number of hydrazine groups is 1. The number of nitrogens with two attached hydrogens (primary N) is 1. The molecule has 0 bridgehead atoms. The highest BCUT2D eigenvalue weighted by atomic mass is 35.5.